The Balaban J connectivity index is 1.88. The number of hydrogen-bond donors (Lipinski definition) is 1. The van der Waals surface area contributed by atoms with Gasteiger partial charge in [-0.3, -0.25) is 4.79 Å². The monoisotopic (exact) mass is 266 g/mol. The Bertz CT molecular complexity index is 615. The zero-order chi connectivity index (χ0) is 14.2. The molecule has 3 heteroatoms. The second-order valence-corrected chi connectivity index (χ2v) is 5.40. The third-order valence-corrected chi connectivity index (χ3v) is 4.07. The van der Waals surface area contributed by atoms with Crippen LogP contribution in [0.2, 0.25) is 0 Å². The Kier molecular flexibility index (Phi) is 2.97. The van der Waals surface area contributed by atoms with Crippen molar-refractivity contribution in [2.24, 2.45) is 0 Å². The van der Waals surface area contributed by atoms with Gasteiger partial charge in [-0.2, -0.15) is 0 Å². The van der Waals surface area contributed by atoms with E-state index in [1.54, 1.807) is 4.90 Å². The molecule has 3 nitrogen and oxygen atoms in total. The lowest BCUT2D eigenvalue weighted by Crippen LogP contribution is -2.36. The van der Waals surface area contributed by atoms with Crippen LogP contribution in [0.1, 0.15) is 18.4 Å². The number of benzene rings is 2. The fourth-order valence-electron chi connectivity index (χ4n) is 2.64. The normalized spacial score (nSPS) is 15.7. The van der Waals surface area contributed by atoms with Gasteiger partial charge in [0.1, 0.15) is 0 Å². The summed E-state index contributed by atoms with van der Waals surface area (Å²) in [5.74, 6) is 0.161. The molecule has 1 amide bonds. The van der Waals surface area contributed by atoms with Gasteiger partial charge in [0.05, 0.1) is 5.41 Å². The van der Waals surface area contributed by atoms with E-state index < -0.39 is 0 Å². The number of para-hydroxylation sites is 1. The number of rotatable bonds is 3. The molecule has 1 aliphatic rings. The molecule has 102 valence electrons. The first kappa shape index (κ1) is 12.7. The van der Waals surface area contributed by atoms with E-state index >= 15 is 0 Å². The third-order valence-electron chi connectivity index (χ3n) is 4.07. The molecule has 0 spiro atoms. The Morgan fingerprint density at radius 2 is 1.65 bits per heavy atom. The number of amides is 1. The van der Waals surface area contributed by atoms with Gasteiger partial charge >= 0.3 is 0 Å². The van der Waals surface area contributed by atoms with Gasteiger partial charge in [0, 0.05) is 18.4 Å². The summed E-state index contributed by atoms with van der Waals surface area (Å²) in [6.45, 7) is 0. The number of hydrogen-bond acceptors (Lipinski definition) is 2. The Morgan fingerprint density at radius 1 is 1.05 bits per heavy atom. The highest BCUT2D eigenvalue weighted by atomic mass is 16.2. The second kappa shape index (κ2) is 4.67. The predicted molar refractivity (Wildman–Crippen MR) is 81.6 cm³/mol. The summed E-state index contributed by atoms with van der Waals surface area (Å²) < 4.78 is 0. The van der Waals surface area contributed by atoms with Crippen molar-refractivity contribution in [3.05, 3.63) is 60.2 Å². The molecule has 0 atom stereocenters. The first-order chi connectivity index (χ1) is 9.63. The topological polar surface area (TPSA) is 46.3 Å². The number of carbonyl (C=O) groups is 1. The van der Waals surface area contributed by atoms with Gasteiger partial charge in [0.2, 0.25) is 5.91 Å². The van der Waals surface area contributed by atoms with Crippen LogP contribution in [0.15, 0.2) is 54.6 Å². The van der Waals surface area contributed by atoms with Crippen molar-refractivity contribution in [2.75, 3.05) is 17.7 Å². The summed E-state index contributed by atoms with van der Waals surface area (Å²) in [5.41, 5.74) is 8.10. The molecule has 0 unspecified atom stereocenters. The summed E-state index contributed by atoms with van der Waals surface area (Å²) in [4.78, 5) is 14.6. The first-order valence-corrected chi connectivity index (χ1v) is 6.83. The van der Waals surface area contributed by atoms with E-state index in [4.69, 9.17) is 5.73 Å². The summed E-state index contributed by atoms with van der Waals surface area (Å²) in [7, 11) is 1.84. The predicted octanol–water partition coefficient (Wildman–Crippen LogP) is 2.96. The molecule has 2 aromatic carbocycles. The molecule has 20 heavy (non-hydrogen) atoms. The third kappa shape index (κ3) is 2.05. The van der Waals surface area contributed by atoms with Crippen LogP contribution in [0.3, 0.4) is 0 Å². The summed E-state index contributed by atoms with van der Waals surface area (Å²) in [6.07, 6.45) is 1.82. The van der Waals surface area contributed by atoms with Crippen molar-refractivity contribution in [3.8, 4) is 0 Å². The van der Waals surface area contributed by atoms with Gasteiger partial charge in [-0.05, 0) is 42.7 Å². The fraction of sp³-hybridized carbons (Fsp3) is 0.235. The minimum Gasteiger partial charge on any atom is -0.399 e. The minimum atomic E-state index is -0.349. The van der Waals surface area contributed by atoms with E-state index in [0.717, 1.165) is 29.8 Å². The Morgan fingerprint density at radius 3 is 2.20 bits per heavy atom. The smallest absolute Gasteiger partial charge is 0.237 e. The van der Waals surface area contributed by atoms with E-state index in [2.05, 4.69) is 0 Å². The zero-order valence-electron chi connectivity index (χ0n) is 11.5. The van der Waals surface area contributed by atoms with Crippen LogP contribution in [-0.2, 0) is 10.2 Å². The van der Waals surface area contributed by atoms with Crippen molar-refractivity contribution in [2.45, 2.75) is 18.3 Å². The highest BCUT2D eigenvalue weighted by Crippen LogP contribution is 2.50. The quantitative estimate of drug-likeness (QED) is 0.868. The number of likely N-dealkylation sites (N-methyl/N-ethyl adjacent to an activating group) is 1. The minimum absolute atomic E-state index is 0.161. The van der Waals surface area contributed by atoms with Crippen LogP contribution in [0, 0.1) is 0 Å². The average molecular weight is 266 g/mol. The number of carbonyl (C=O) groups excluding carboxylic acids is 1. The molecule has 2 N–H and O–H groups in total. The molecule has 1 fully saturated rings. The van der Waals surface area contributed by atoms with Crippen LogP contribution in [0.25, 0.3) is 0 Å². The van der Waals surface area contributed by atoms with E-state index in [1.807, 2.05) is 61.6 Å². The lowest BCUT2D eigenvalue weighted by molar-refractivity contribution is -0.120. The maximum absolute atomic E-state index is 12.8. The maximum Gasteiger partial charge on any atom is 0.237 e. The van der Waals surface area contributed by atoms with Crippen molar-refractivity contribution in [1.82, 2.24) is 0 Å². The standard InChI is InChI=1S/C17H18N2O/c1-19(15-5-3-2-4-6-15)16(20)17(11-12-17)13-7-9-14(18)10-8-13/h2-10H,11-12,18H2,1H3. The molecular weight excluding hydrogens is 248 g/mol. The van der Waals surface area contributed by atoms with Crippen molar-refractivity contribution < 1.29 is 4.79 Å². The number of nitrogen functional groups attached to an aromatic ring is 1. The largest absolute Gasteiger partial charge is 0.399 e. The SMILES string of the molecule is CN(C(=O)C1(c2ccc(N)cc2)CC1)c1ccccc1. The van der Waals surface area contributed by atoms with Crippen molar-refractivity contribution in [3.63, 3.8) is 0 Å². The highest BCUT2D eigenvalue weighted by molar-refractivity contribution is 6.02. The highest BCUT2D eigenvalue weighted by Gasteiger charge is 2.52. The lowest BCUT2D eigenvalue weighted by atomic mass is 9.94. The molecular formula is C17H18N2O. The molecule has 0 aliphatic heterocycles. The fourth-order valence-corrected chi connectivity index (χ4v) is 2.64. The van der Waals surface area contributed by atoms with Crippen molar-refractivity contribution >= 4 is 17.3 Å². The molecule has 0 radical (unpaired) electrons. The van der Waals surface area contributed by atoms with Gasteiger partial charge < -0.3 is 10.6 Å². The molecule has 1 aliphatic carbocycles. The van der Waals surface area contributed by atoms with Crippen LogP contribution >= 0.6 is 0 Å². The molecule has 0 bridgehead atoms. The maximum atomic E-state index is 12.8. The van der Waals surface area contributed by atoms with E-state index in [0.29, 0.717) is 0 Å². The van der Waals surface area contributed by atoms with Crippen LogP contribution in [0.4, 0.5) is 11.4 Å². The second-order valence-electron chi connectivity index (χ2n) is 5.40. The summed E-state index contributed by atoms with van der Waals surface area (Å²) in [6, 6.07) is 17.4. The van der Waals surface area contributed by atoms with Gasteiger partial charge in [0.15, 0.2) is 0 Å². The van der Waals surface area contributed by atoms with E-state index in [9.17, 15) is 4.79 Å². The number of anilines is 2. The zero-order valence-corrected chi connectivity index (χ0v) is 11.5. The summed E-state index contributed by atoms with van der Waals surface area (Å²) in [5, 5.41) is 0. The van der Waals surface area contributed by atoms with Crippen LogP contribution in [0.5, 0.6) is 0 Å². The number of nitrogens with two attached hydrogens (primary N) is 1. The van der Waals surface area contributed by atoms with Gasteiger partial charge in [-0.1, -0.05) is 30.3 Å². The summed E-state index contributed by atoms with van der Waals surface area (Å²) >= 11 is 0. The Labute approximate surface area is 119 Å². The van der Waals surface area contributed by atoms with Gasteiger partial charge in [-0.15, -0.1) is 0 Å². The first-order valence-electron chi connectivity index (χ1n) is 6.83. The molecule has 0 saturated heterocycles. The molecule has 0 aromatic heterocycles. The molecule has 3 rings (SSSR count). The molecule has 2 aromatic rings. The van der Waals surface area contributed by atoms with Gasteiger partial charge in [0.25, 0.3) is 0 Å². The lowest BCUT2D eigenvalue weighted by Gasteiger charge is -2.24. The average Bonchev–Trinajstić information content (AvgIpc) is 3.29. The Hall–Kier alpha value is -2.29. The van der Waals surface area contributed by atoms with Gasteiger partial charge in [-0.25, -0.2) is 0 Å². The number of nitrogens with zero attached hydrogens (tertiary/aromatic N) is 1. The van der Waals surface area contributed by atoms with E-state index in [1.165, 1.54) is 0 Å². The van der Waals surface area contributed by atoms with Crippen LogP contribution < -0.4 is 10.6 Å². The van der Waals surface area contributed by atoms with E-state index in [-0.39, 0.29) is 11.3 Å². The molecule has 1 saturated carbocycles. The van der Waals surface area contributed by atoms with Crippen molar-refractivity contribution in [1.29, 1.82) is 0 Å². The molecule has 0 heterocycles. The van der Waals surface area contributed by atoms with Crippen LogP contribution in [-0.4, -0.2) is 13.0 Å².